The molecule has 10 heteroatoms. The molecule has 1 fully saturated rings. The van der Waals surface area contributed by atoms with Gasteiger partial charge in [0.2, 0.25) is 16.0 Å². The van der Waals surface area contributed by atoms with Gasteiger partial charge in [0.1, 0.15) is 5.82 Å². The summed E-state index contributed by atoms with van der Waals surface area (Å²) < 4.78 is 28.6. The summed E-state index contributed by atoms with van der Waals surface area (Å²) in [7, 11) is -1.50. The summed E-state index contributed by atoms with van der Waals surface area (Å²) in [5.74, 6) is 1.25. The molecule has 0 amide bonds. The lowest BCUT2D eigenvalue weighted by Crippen LogP contribution is -2.53. The average Bonchev–Trinajstić information content (AvgIpc) is 2.99. The number of piperidine rings is 1. The highest BCUT2D eigenvalue weighted by Gasteiger charge is 2.33. The summed E-state index contributed by atoms with van der Waals surface area (Å²) in [6.07, 6.45) is 8.05. The fraction of sp³-hybridized carbons (Fsp3) is 0.471. The molecule has 2 aromatic heterocycles. The second-order valence-corrected chi connectivity index (χ2v) is 8.75. The smallest absolute Gasteiger partial charge is 0.229 e. The van der Waals surface area contributed by atoms with Crippen LogP contribution in [0.5, 0.6) is 0 Å². The first-order valence-corrected chi connectivity index (χ1v) is 10.4. The second kappa shape index (κ2) is 7.65. The Morgan fingerprint density at radius 1 is 1.37 bits per heavy atom. The summed E-state index contributed by atoms with van der Waals surface area (Å²) in [5.41, 5.74) is 0.361. The summed E-state index contributed by atoms with van der Waals surface area (Å²) in [6, 6.07) is 1.86. The predicted molar refractivity (Wildman–Crippen MR) is 105 cm³/mol. The van der Waals surface area contributed by atoms with Crippen molar-refractivity contribution < 1.29 is 8.42 Å². The summed E-state index contributed by atoms with van der Waals surface area (Å²) >= 11 is 0. The fourth-order valence-electron chi connectivity index (χ4n) is 3.10. The maximum absolute atomic E-state index is 12.0. The molecule has 0 aliphatic carbocycles. The molecule has 0 saturated carbocycles. The molecule has 0 spiro atoms. The Morgan fingerprint density at radius 3 is 2.74 bits per heavy atom. The standard InChI is InChI=1S/C17H25N7O2S/c1-4-11-27(25,26)22-17(2)6-9-24(10-7-17)15-5-8-18-16(21-15)20-14-12-19-23(3)13-14/h4-5,8,12-13,22H,1,6-7,9-11H2,2-3H3,(H,18,20,21). The Labute approximate surface area is 159 Å². The maximum Gasteiger partial charge on any atom is 0.229 e. The molecule has 0 radical (unpaired) electrons. The summed E-state index contributed by atoms with van der Waals surface area (Å²) in [5, 5.41) is 7.24. The van der Waals surface area contributed by atoms with Gasteiger partial charge in [-0.25, -0.2) is 18.1 Å². The van der Waals surface area contributed by atoms with Crippen molar-refractivity contribution >= 4 is 27.5 Å². The van der Waals surface area contributed by atoms with Gasteiger partial charge in [0.25, 0.3) is 0 Å². The predicted octanol–water partition coefficient (Wildman–Crippen LogP) is 1.42. The highest BCUT2D eigenvalue weighted by atomic mass is 32.2. The Morgan fingerprint density at radius 2 is 2.11 bits per heavy atom. The van der Waals surface area contributed by atoms with E-state index in [1.807, 2.05) is 26.2 Å². The van der Waals surface area contributed by atoms with E-state index in [1.54, 1.807) is 17.1 Å². The van der Waals surface area contributed by atoms with E-state index in [4.69, 9.17) is 0 Å². The highest BCUT2D eigenvalue weighted by Crippen LogP contribution is 2.26. The number of aryl methyl sites for hydroxylation is 1. The first-order chi connectivity index (χ1) is 12.8. The van der Waals surface area contributed by atoms with Crippen LogP contribution in [0.25, 0.3) is 0 Å². The van der Waals surface area contributed by atoms with Crippen LogP contribution in [0.3, 0.4) is 0 Å². The third-order valence-electron chi connectivity index (χ3n) is 4.53. The van der Waals surface area contributed by atoms with Crippen LogP contribution in [-0.2, 0) is 17.1 Å². The van der Waals surface area contributed by atoms with Crippen molar-refractivity contribution in [2.45, 2.75) is 25.3 Å². The van der Waals surface area contributed by atoms with Crippen molar-refractivity contribution in [2.24, 2.45) is 7.05 Å². The molecule has 1 saturated heterocycles. The van der Waals surface area contributed by atoms with Crippen molar-refractivity contribution in [3.63, 3.8) is 0 Å². The van der Waals surface area contributed by atoms with Crippen LogP contribution >= 0.6 is 0 Å². The third-order valence-corrected chi connectivity index (χ3v) is 6.01. The van der Waals surface area contributed by atoms with Crippen LogP contribution in [0, 0.1) is 0 Å². The van der Waals surface area contributed by atoms with E-state index >= 15 is 0 Å². The van der Waals surface area contributed by atoms with Crippen LogP contribution in [0.4, 0.5) is 17.5 Å². The Balaban J connectivity index is 1.64. The SMILES string of the molecule is C=CCS(=O)(=O)NC1(C)CCN(c2ccnc(Nc3cnn(C)c3)n2)CC1. The molecule has 0 aromatic carbocycles. The third kappa shape index (κ3) is 5.04. The van der Waals surface area contributed by atoms with Gasteiger partial charge < -0.3 is 10.2 Å². The van der Waals surface area contributed by atoms with Crippen molar-refractivity contribution in [2.75, 3.05) is 29.1 Å². The first kappa shape index (κ1) is 19.3. The summed E-state index contributed by atoms with van der Waals surface area (Å²) in [4.78, 5) is 11.0. The minimum atomic E-state index is -3.34. The van der Waals surface area contributed by atoms with Gasteiger partial charge in [-0.1, -0.05) is 6.08 Å². The maximum atomic E-state index is 12.0. The van der Waals surface area contributed by atoms with Crippen molar-refractivity contribution in [1.82, 2.24) is 24.5 Å². The van der Waals surface area contributed by atoms with Gasteiger partial charge in [0, 0.05) is 38.1 Å². The van der Waals surface area contributed by atoms with E-state index in [2.05, 4.69) is 36.6 Å². The van der Waals surface area contributed by atoms with Crippen LogP contribution in [0.1, 0.15) is 19.8 Å². The molecular weight excluding hydrogens is 366 g/mol. The number of aromatic nitrogens is 4. The van der Waals surface area contributed by atoms with E-state index < -0.39 is 15.6 Å². The molecular formula is C17H25N7O2S. The largest absolute Gasteiger partial charge is 0.356 e. The van der Waals surface area contributed by atoms with E-state index in [1.165, 1.54) is 6.08 Å². The molecule has 0 bridgehead atoms. The summed E-state index contributed by atoms with van der Waals surface area (Å²) in [6.45, 7) is 6.85. The molecule has 9 nitrogen and oxygen atoms in total. The monoisotopic (exact) mass is 391 g/mol. The zero-order valence-corrected chi connectivity index (χ0v) is 16.4. The normalized spacial score (nSPS) is 16.9. The molecule has 3 rings (SSSR count). The van der Waals surface area contributed by atoms with E-state index in [0.29, 0.717) is 31.9 Å². The van der Waals surface area contributed by atoms with Gasteiger partial charge in [0.05, 0.1) is 17.6 Å². The number of nitrogens with one attached hydrogen (secondary N) is 2. The van der Waals surface area contributed by atoms with E-state index in [0.717, 1.165) is 11.5 Å². The van der Waals surface area contributed by atoms with Crippen LogP contribution < -0.4 is 14.9 Å². The zero-order valence-electron chi connectivity index (χ0n) is 15.6. The van der Waals surface area contributed by atoms with Gasteiger partial charge >= 0.3 is 0 Å². The Bertz CT molecular complexity index is 902. The number of nitrogens with zero attached hydrogens (tertiary/aromatic N) is 5. The van der Waals surface area contributed by atoms with Crippen molar-refractivity contribution in [1.29, 1.82) is 0 Å². The number of hydrogen-bond acceptors (Lipinski definition) is 7. The van der Waals surface area contributed by atoms with Gasteiger partial charge in [-0.05, 0) is 25.8 Å². The van der Waals surface area contributed by atoms with Gasteiger partial charge in [-0.3, -0.25) is 4.68 Å². The van der Waals surface area contributed by atoms with E-state index in [-0.39, 0.29) is 5.75 Å². The lowest BCUT2D eigenvalue weighted by molar-refractivity contribution is 0.329. The number of hydrogen-bond donors (Lipinski definition) is 2. The second-order valence-electron chi connectivity index (χ2n) is 6.99. The zero-order chi connectivity index (χ0) is 19.5. The Kier molecular flexibility index (Phi) is 5.47. The lowest BCUT2D eigenvalue weighted by Gasteiger charge is -2.40. The highest BCUT2D eigenvalue weighted by molar-refractivity contribution is 7.89. The van der Waals surface area contributed by atoms with Crippen molar-refractivity contribution in [3.05, 3.63) is 37.3 Å². The first-order valence-electron chi connectivity index (χ1n) is 8.75. The average molecular weight is 392 g/mol. The van der Waals surface area contributed by atoms with Crippen LogP contribution in [-0.4, -0.2) is 52.5 Å². The molecule has 0 atom stereocenters. The molecule has 27 heavy (non-hydrogen) atoms. The molecule has 146 valence electrons. The lowest BCUT2D eigenvalue weighted by atomic mass is 9.91. The minimum absolute atomic E-state index is 0.0679. The minimum Gasteiger partial charge on any atom is -0.356 e. The molecule has 0 unspecified atom stereocenters. The quantitative estimate of drug-likeness (QED) is 0.688. The molecule has 3 heterocycles. The van der Waals surface area contributed by atoms with E-state index in [9.17, 15) is 8.42 Å². The van der Waals surface area contributed by atoms with Gasteiger partial charge in [0.15, 0.2) is 0 Å². The molecule has 2 N–H and O–H groups in total. The van der Waals surface area contributed by atoms with Gasteiger partial charge in [-0.2, -0.15) is 10.1 Å². The molecule has 1 aliphatic heterocycles. The fourth-order valence-corrected chi connectivity index (χ4v) is 4.45. The Hall–Kier alpha value is -2.46. The topological polar surface area (TPSA) is 105 Å². The number of anilines is 3. The molecule has 1 aliphatic rings. The number of rotatable bonds is 7. The van der Waals surface area contributed by atoms with Gasteiger partial charge in [-0.15, -0.1) is 6.58 Å². The number of sulfonamides is 1. The molecule has 2 aromatic rings. The van der Waals surface area contributed by atoms with Crippen LogP contribution in [0.15, 0.2) is 37.3 Å². The van der Waals surface area contributed by atoms with Crippen LogP contribution in [0.2, 0.25) is 0 Å². The van der Waals surface area contributed by atoms with Crippen molar-refractivity contribution in [3.8, 4) is 0 Å².